The van der Waals surface area contributed by atoms with E-state index in [-0.39, 0.29) is 5.97 Å². The van der Waals surface area contributed by atoms with Crippen molar-refractivity contribution in [2.45, 2.75) is 13.0 Å². The highest BCUT2D eigenvalue weighted by Crippen LogP contribution is 1.88. The van der Waals surface area contributed by atoms with Gasteiger partial charge in [0, 0.05) is 7.11 Å². The van der Waals surface area contributed by atoms with Gasteiger partial charge in [0.1, 0.15) is 0 Å². The van der Waals surface area contributed by atoms with Crippen LogP contribution in [0, 0.1) is 0 Å². The molecule has 0 aliphatic heterocycles. The van der Waals surface area contributed by atoms with Crippen molar-refractivity contribution in [3.8, 4) is 0 Å². The maximum Gasteiger partial charge on any atom is 0.334 e. The quantitative estimate of drug-likeness (QED) is 0.486. The molecule has 0 aliphatic rings. The van der Waals surface area contributed by atoms with Crippen LogP contribution in [0.1, 0.15) is 6.92 Å². The molecule has 0 bridgehead atoms. The second-order valence-corrected chi connectivity index (χ2v) is 1.40. The summed E-state index contributed by atoms with van der Waals surface area (Å²) in [5.74, 6) is -0.340. The third-order valence-electron chi connectivity index (χ3n) is 0.887. The Balaban J connectivity index is 3.46. The normalized spacial score (nSPS) is 12.9. The van der Waals surface area contributed by atoms with E-state index in [1.54, 1.807) is 6.92 Å². The molecule has 1 atom stereocenters. The molecule has 0 aromatic carbocycles. The molecule has 0 amide bonds. The van der Waals surface area contributed by atoms with E-state index in [2.05, 4.69) is 9.47 Å². The summed E-state index contributed by atoms with van der Waals surface area (Å²) in [5, 5.41) is 0. The Morgan fingerprint density at radius 3 is 2.12 bits per heavy atom. The van der Waals surface area contributed by atoms with Gasteiger partial charge in [-0.15, -0.1) is 0 Å². The van der Waals surface area contributed by atoms with Crippen molar-refractivity contribution in [1.82, 2.24) is 0 Å². The highest BCUT2D eigenvalue weighted by atomic mass is 16.6. The van der Waals surface area contributed by atoms with Crippen molar-refractivity contribution in [1.29, 1.82) is 0 Å². The summed E-state index contributed by atoms with van der Waals surface area (Å²) in [5.41, 5.74) is 0. The average Bonchev–Trinajstić information content (AvgIpc) is 1.84. The fourth-order valence-electron chi connectivity index (χ4n) is 0.262. The zero-order valence-corrected chi connectivity index (χ0v) is 5.30. The van der Waals surface area contributed by atoms with Crippen molar-refractivity contribution in [2.75, 3.05) is 14.2 Å². The molecular weight excluding hydrogens is 108 g/mol. The molecule has 0 spiro atoms. The average molecular weight is 118 g/mol. The van der Waals surface area contributed by atoms with Gasteiger partial charge in [-0.1, -0.05) is 0 Å². The molecule has 0 aromatic heterocycles. The zero-order chi connectivity index (χ0) is 6.57. The van der Waals surface area contributed by atoms with E-state index in [4.69, 9.17) is 0 Å². The minimum atomic E-state index is -0.444. The van der Waals surface area contributed by atoms with Crippen molar-refractivity contribution >= 4 is 5.97 Å². The SMILES string of the molecule is COC(=O)[C@H](C)OC. The number of methoxy groups -OCH3 is 2. The highest BCUT2D eigenvalue weighted by Gasteiger charge is 2.09. The first-order valence-electron chi connectivity index (χ1n) is 2.33. The van der Waals surface area contributed by atoms with Crippen molar-refractivity contribution in [2.24, 2.45) is 0 Å². The third-order valence-corrected chi connectivity index (χ3v) is 0.887. The summed E-state index contributed by atoms with van der Waals surface area (Å²) in [6, 6.07) is 0. The fourth-order valence-corrected chi connectivity index (χ4v) is 0.262. The highest BCUT2D eigenvalue weighted by molar-refractivity contribution is 5.73. The van der Waals surface area contributed by atoms with E-state index in [1.807, 2.05) is 0 Å². The van der Waals surface area contributed by atoms with Gasteiger partial charge >= 0.3 is 5.97 Å². The lowest BCUT2D eigenvalue weighted by Crippen LogP contribution is -2.19. The molecule has 0 saturated carbocycles. The first-order chi connectivity index (χ1) is 3.72. The lowest BCUT2D eigenvalue weighted by atomic mass is 10.4. The number of rotatable bonds is 2. The van der Waals surface area contributed by atoms with Crippen LogP contribution in [0.4, 0.5) is 0 Å². The van der Waals surface area contributed by atoms with Crippen LogP contribution in [-0.4, -0.2) is 26.3 Å². The predicted molar refractivity (Wildman–Crippen MR) is 28.5 cm³/mol. The van der Waals surface area contributed by atoms with Gasteiger partial charge in [0.05, 0.1) is 7.11 Å². The molecule has 0 saturated heterocycles. The van der Waals surface area contributed by atoms with Gasteiger partial charge in [-0.25, -0.2) is 4.79 Å². The van der Waals surface area contributed by atoms with E-state index < -0.39 is 6.10 Å². The number of esters is 1. The van der Waals surface area contributed by atoms with E-state index in [0.717, 1.165) is 0 Å². The van der Waals surface area contributed by atoms with E-state index >= 15 is 0 Å². The lowest BCUT2D eigenvalue weighted by molar-refractivity contribution is -0.151. The summed E-state index contributed by atoms with van der Waals surface area (Å²) in [6.07, 6.45) is -0.444. The molecular formula is C5H10O3. The third kappa shape index (κ3) is 1.93. The van der Waals surface area contributed by atoms with E-state index in [9.17, 15) is 4.79 Å². The second kappa shape index (κ2) is 3.43. The Labute approximate surface area is 48.6 Å². The molecule has 0 heterocycles. The largest absolute Gasteiger partial charge is 0.467 e. The Morgan fingerprint density at radius 2 is 2.00 bits per heavy atom. The standard InChI is InChI=1S/C5H10O3/c1-4(7-2)5(6)8-3/h4H,1-3H3/t4-/m0/s1. The van der Waals surface area contributed by atoms with Crippen LogP contribution >= 0.6 is 0 Å². The van der Waals surface area contributed by atoms with E-state index in [0.29, 0.717) is 0 Å². The van der Waals surface area contributed by atoms with Crippen LogP contribution in [0.15, 0.2) is 0 Å². The van der Waals surface area contributed by atoms with Crippen LogP contribution in [0.2, 0.25) is 0 Å². The van der Waals surface area contributed by atoms with Crippen LogP contribution in [0.5, 0.6) is 0 Å². The van der Waals surface area contributed by atoms with Crippen LogP contribution in [0.25, 0.3) is 0 Å². The summed E-state index contributed by atoms with van der Waals surface area (Å²) < 4.78 is 8.97. The predicted octanol–water partition coefficient (Wildman–Crippen LogP) is 0.194. The van der Waals surface area contributed by atoms with Crippen LogP contribution in [0.3, 0.4) is 0 Å². The fraction of sp³-hybridized carbons (Fsp3) is 0.800. The molecule has 0 radical (unpaired) electrons. The minimum absolute atomic E-state index is 0.340. The first-order valence-corrected chi connectivity index (χ1v) is 2.33. The number of hydrogen-bond acceptors (Lipinski definition) is 3. The maximum atomic E-state index is 10.4. The number of hydrogen-bond donors (Lipinski definition) is 0. The summed E-state index contributed by atoms with van der Waals surface area (Å²) >= 11 is 0. The topological polar surface area (TPSA) is 35.5 Å². The monoisotopic (exact) mass is 118 g/mol. The molecule has 3 nitrogen and oxygen atoms in total. The van der Waals surface area contributed by atoms with Gasteiger partial charge in [0.15, 0.2) is 6.10 Å². The van der Waals surface area contributed by atoms with Crippen molar-refractivity contribution in [3.63, 3.8) is 0 Å². The van der Waals surface area contributed by atoms with E-state index in [1.165, 1.54) is 14.2 Å². The Kier molecular flexibility index (Phi) is 3.19. The summed E-state index contributed by atoms with van der Waals surface area (Å²) in [6.45, 7) is 1.63. The number of carbonyl (C=O) groups is 1. The Hall–Kier alpha value is -0.570. The lowest BCUT2D eigenvalue weighted by Gasteiger charge is -2.04. The smallest absolute Gasteiger partial charge is 0.334 e. The Bertz CT molecular complexity index is 79.7. The van der Waals surface area contributed by atoms with Gasteiger partial charge in [-0.05, 0) is 6.92 Å². The molecule has 3 heteroatoms. The summed E-state index contributed by atoms with van der Waals surface area (Å²) in [4.78, 5) is 10.4. The number of ether oxygens (including phenoxy) is 2. The zero-order valence-electron chi connectivity index (χ0n) is 5.30. The molecule has 8 heavy (non-hydrogen) atoms. The van der Waals surface area contributed by atoms with Gasteiger partial charge in [-0.3, -0.25) is 0 Å². The van der Waals surface area contributed by atoms with Gasteiger partial charge in [0.25, 0.3) is 0 Å². The molecule has 0 aliphatic carbocycles. The molecule has 0 aromatic rings. The van der Waals surface area contributed by atoms with Gasteiger partial charge in [-0.2, -0.15) is 0 Å². The van der Waals surface area contributed by atoms with Crippen LogP contribution in [-0.2, 0) is 14.3 Å². The molecule has 0 unspecified atom stereocenters. The van der Waals surface area contributed by atoms with Gasteiger partial charge in [0.2, 0.25) is 0 Å². The molecule has 0 fully saturated rings. The van der Waals surface area contributed by atoms with Crippen molar-refractivity contribution < 1.29 is 14.3 Å². The molecule has 48 valence electrons. The maximum absolute atomic E-state index is 10.4. The van der Waals surface area contributed by atoms with Crippen LogP contribution < -0.4 is 0 Å². The first kappa shape index (κ1) is 7.43. The van der Waals surface area contributed by atoms with Crippen molar-refractivity contribution in [3.05, 3.63) is 0 Å². The molecule has 0 rings (SSSR count). The number of carbonyl (C=O) groups excluding carboxylic acids is 1. The Morgan fingerprint density at radius 1 is 1.50 bits per heavy atom. The minimum Gasteiger partial charge on any atom is -0.467 e. The second-order valence-electron chi connectivity index (χ2n) is 1.40. The van der Waals surface area contributed by atoms with Gasteiger partial charge < -0.3 is 9.47 Å². The summed E-state index contributed by atoms with van der Waals surface area (Å²) in [7, 11) is 2.79. The molecule has 0 N–H and O–H groups in total.